The third-order valence-corrected chi connectivity index (χ3v) is 5.10. The van der Waals surface area contributed by atoms with Crippen LogP contribution in [0.5, 0.6) is 0 Å². The minimum Gasteiger partial charge on any atom is -0.121 e. The molecule has 0 saturated carbocycles. The highest BCUT2D eigenvalue weighted by atomic mass is 79.9. The molecule has 0 bridgehead atoms. The molecule has 0 amide bonds. The van der Waals surface area contributed by atoms with Crippen molar-refractivity contribution >= 4 is 55.1 Å². The van der Waals surface area contributed by atoms with Gasteiger partial charge < -0.3 is 0 Å². The molecule has 1 atom stereocenters. The van der Waals surface area contributed by atoms with Gasteiger partial charge in [0.25, 0.3) is 0 Å². The lowest BCUT2D eigenvalue weighted by atomic mass is 10.0. The summed E-state index contributed by atoms with van der Waals surface area (Å²) in [5.41, 5.74) is 1.21. The molecule has 0 aliphatic rings. The fourth-order valence-corrected chi connectivity index (χ4v) is 2.37. The van der Waals surface area contributed by atoms with Crippen LogP contribution in [-0.4, -0.2) is 16.0 Å². The molecule has 84 valence electrons. The molecule has 0 aromatic carbocycles. The lowest BCUT2D eigenvalue weighted by Crippen LogP contribution is -2.07. The van der Waals surface area contributed by atoms with Gasteiger partial charge >= 0.3 is 0 Å². The first kappa shape index (κ1) is 15.3. The quantitative estimate of drug-likeness (QED) is 0.558. The average molecular weight is 367 g/mol. The Morgan fingerprint density at radius 1 is 1.36 bits per heavy atom. The van der Waals surface area contributed by atoms with E-state index in [1.807, 2.05) is 0 Å². The minimum atomic E-state index is 0.414. The van der Waals surface area contributed by atoms with Gasteiger partial charge in [0.1, 0.15) is 0 Å². The molecule has 0 spiro atoms. The van der Waals surface area contributed by atoms with Gasteiger partial charge in [-0.05, 0) is 24.3 Å². The van der Waals surface area contributed by atoms with Gasteiger partial charge in [-0.3, -0.25) is 0 Å². The van der Waals surface area contributed by atoms with Crippen molar-refractivity contribution in [3.8, 4) is 0 Å². The van der Waals surface area contributed by atoms with E-state index >= 15 is 0 Å². The lowest BCUT2D eigenvalue weighted by molar-refractivity contribution is 0.580. The fourth-order valence-electron chi connectivity index (χ4n) is 1.01. The van der Waals surface area contributed by atoms with E-state index in [2.05, 4.69) is 45.7 Å². The Hall–Kier alpha value is 1.28. The molecule has 4 heteroatoms. The number of allylic oxidation sites excluding steroid dienone is 2. The maximum Gasteiger partial charge on any atom is 0.0581 e. The molecule has 0 N–H and O–H groups in total. The summed E-state index contributed by atoms with van der Waals surface area (Å²) in [6.45, 7) is 4.42. The topological polar surface area (TPSA) is 0 Å². The minimum absolute atomic E-state index is 0.414. The molecular weight excluding hydrogens is 351 g/mol. The van der Waals surface area contributed by atoms with Crippen molar-refractivity contribution in [1.29, 1.82) is 0 Å². The molecule has 14 heavy (non-hydrogen) atoms. The highest BCUT2D eigenvalue weighted by Crippen LogP contribution is 2.24. The van der Waals surface area contributed by atoms with Crippen LogP contribution < -0.4 is 0 Å². The van der Waals surface area contributed by atoms with Crippen LogP contribution in [0, 0.1) is 5.92 Å². The Bertz CT molecular complexity index is 191. The second kappa shape index (κ2) is 8.43. The molecule has 0 radical (unpaired) electrons. The second-order valence-electron chi connectivity index (χ2n) is 3.57. The summed E-state index contributed by atoms with van der Waals surface area (Å²) in [5.74, 6) is 1.07. The maximum atomic E-state index is 6.00. The van der Waals surface area contributed by atoms with Crippen molar-refractivity contribution < 1.29 is 0 Å². The summed E-state index contributed by atoms with van der Waals surface area (Å²) in [7, 11) is 0. The molecule has 0 aliphatic heterocycles. The van der Waals surface area contributed by atoms with Crippen LogP contribution in [0.2, 0.25) is 0 Å². The summed E-state index contributed by atoms with van der Waals surface area (Å²) in [6, 6.07) is 0. The molecule has 0 fully saturated rings. The summed E-state index contributed by atoms with van der Waals surface area (Å²) in [6.07, 6.45) is 2.11. The first-order valence-corrected chi connectivity index (χ1v) is 7.60. The van der Waals surface area contributed by atoms with Crippen molar-refractivity contribution in [1.82, 2.24) is 0 Å². The molecule has 0 saturated heterocycles. The highest BCUT2D eigenvalue weighted by molar-refractivity contribution is 9.09. The number of halogens is 4. The molecule has 0 unspecified atom stereocenters. The Morgan fingerprint density at radius 2 is 1.93 bits per heavy atom. The van der Waals surface area contributed by atoms with E-state index in [1.54, 1.807) is 0 Å². The third-order valence-electron chi connectivity index (χ3n) is 2.11. The van der Waals surface area contributed by atoms with E-state index in [1.165, 1.54) is 5.57 Å². The predicted octanol–water partition coefficient (Wildman–Crippen LogP) is 5.31. The molecule has 0 rings (SSSR count). The molecule has 0 aliphatic carbocycles. The summed E-state index contributed by atoms with van der Waals surface area (Å²) >= 11 is 18.8. The third kappa shape index (κ3) is 5.99. The van der Waals surface area contributed by atoms with E-state index in [-0.39, 0.29) is 0 Å². The zero-order valence-electron chi connectivity index (χ0n) is 8.49. The van der Waals surface area contributed by atoms with Crippen LogP contribution in [-0.2, 0) is 0 Å². The van der Waals surface area contributed by atoms with Crippen molar-refractivity contribution in [3.05, 3.63) is 10.6 Å². The van der Waals surface area contributed by atoms with Crippen molar-refractivity contribution in [2.24, 2.45) is 5.92 Å². The van der Waals surface area contributed by atoms with Gasteiger partial charge in [-0.25, -0.2) is 0 Å². The van der Waals surface area contributed by atoms with Gasteiger partial charge in [0.2, 0.25) is 0 Å². The smallest absolute Gasteiger partial charge is 0.0581 e. The predicted molar refractivity (Wildman–Crippen MR) is 74.2 cm³/mol. The lowest BCUT2D eigenvalue weighted by Gasteiger charge is -2.14. The maximum absolute atomic E-state index is 6.00. The van der Waals surface area contributed by atoms with Crippen molar-refractivity contribution in [2.45, 2.75) is 31.5 Å². The van der Waals surface area contributed by atoms with Gasteiger partial charge in [-0.2, -0.15) is 0 Å². The SMILES string of the molecule is CC(C)[C@@H](Br)CC/C(CBr)=C(/Cl)CCl. The fraction of sp³-hybridized carbons (Fsp3) is 0.800. The van der Waals surface area contributed by atoms with Gasteiger partial charge in [0.15, 0.2) is 0 Å². The number of alkyl halides is 3. The standard InChI is InChI=1S/C10H16Br2Cl2/c1-7(2)9(12)4-3-8(5-11)10(14)6-13/h7,9H,3-6H2,1-2H3/b10-8-/t9-/m0/s1. The normalized spacial score (nSPS) is 15.6. The summed E-state index contributed by atoms with van der Waals surface area (Å²) < 4.78 is 0. The first-order valence-electron chi connectivity index (χ1n) is 4.65. The molecular formula is C10H16Br2Cl2. The largest absolute Gasteiger partial charge is 0.121 e. The van der Waals surface area contributed by atoms with Crippen LogP contribution in [0.1, 0.15) is 26.7 Å². The van der Waals surface area contributed by atoms with Crippen LogP contribution in [0.3, 0.4) is 0 Å². The second-order valence-corrected chi connectivity index (χ2v) is 6.03. The Morgan fingerprint density at radius 3 is 2.29 bits per heavy atom. The van der Waals surface area contributed by atoms with Crippen LogP contribution in [0.4, 0.5) is 0 Å². The first-order chi connectivity index (χ1) is 6.52. The molecule has 0 aromatic rings. The Kier molecular flexibility index (Phi) is 9.21. The van der Waals surface area contributed by atoms with E-state index < -0.39 is 0 Å². The van der Waals surface area contributed by atoms with Crippen LogP contribution in [0.15, 0.2) is 10.6 Å². The summed E-state index contributed by atoms with van der Waals surface area (Å²) in [4.78, 5) is 0.552. The number of rotatable bonds is 6. The Balaban J connectivity index is 4.09. The van der Waals surface area contributed by atoms with Gasteiger partial charge in [0.05, 0.1) is 5.88 Å². The monoisotopic (exact) mass is 364 g/mol. The van der Waals surface area contributed by atoms with Gasteiger partial charge in [0, 0.05) is 15.2 Å². The zero-order chi connectivity index (χ0) is 11.1. The van der Waals surface area contributed by atoms with Crippen molar-refractivity contribution in [2.75, 3.05) is 11.2 Å². The van der Waals surface area contributed by atoms with Crippen molar-refractivity contribution in [3.63, 3.8) is 0 Å². The van der Waals surface area contributed by atoms with Gasteiger partial charge in [-0.1, -0.05) is 57.3 Å². The molecule has 0 aromatic heterocycles. The number of hydrogen-bond acceptors (Lipinski definition) is 0. The zero-order valence-corrected chi connectivity index (χ0v) is 13.2. The highest BCUT2D eigenvalue weighted by Gasteiger charge is 2.11. The van der Waals surface area contributed by atoms with Crippen LogP contribution >= 0.6 is 55.1 Å². The van der Waals surface area contributed by atoms with Crippen LogP contribution in [0.25, 0.3) is 0 Å². The number of hydrogen-bond donors (Lipinski definition) is 0. The Labute approximate surface area is 114 Å². The van der Waals surface area contributed by atoms with E-state index in [9.17, 15) is 0 Å². The van der Waals surface area contributed by atoms with E-state index in [0.29, 0.717) is 16.6 Å². The van der Waals surface area contributed by atoms with E-state index in [0.717, 1.165) is 23.2 Å². The van der Waals surface area contributed by atoms with E-state index in [4.69, 9.17) is 23.2 Å². The molecule has 0 nitrogen and oxygen atoms in total. The van der Waals surface area contributed by atoms with Gasteiger partial charge in [-0.15, -0.1) is 11.6 Å². The average Bonchev–Trinajstić information content (AvgIpc) is 2.17. The molecule has 0 heterocycles. The summed E-state index contributed by atoms with van der Waals surface area (Å²) in [5, 5.41) is 1.60.